The van der Waals surface area contributed by atoms with Crippen molar-refractivity contribution in [1.29, 1.82) is 0 Å². The normalized spacial score (nSPS) is 10.8. The second-order valence-corrected chi connectivity index (χ2v) is 7.54. The van der Waals surface area contributed by atoms with E-state index in [4.69, 9.17) is 0 Å². The minimum Gasteiger partial charge on any atom is -0.249 e. The molecule has 1 nitrogen and oxygen atoms in total. The SMILES string of the molecule is O=S(c1cccc(-c2ccccc2)c1)c1cccc(-c2ccccc2)c1. The summed E-state index contributed by atoms with van der Waals surface area (Å²) in [7, 11) is -1.21. The topological polar surface area (TPSA) is 17.1 Å². The van der Waals surface area contributed by atoms with Gasteiger partial charge in [-0.1, -0.05) is 84.9 Å². The first-order valence-electron chi connectivity index (χ1n) is 8.54. The summed E-state index contributed by atoms with van der Waals surface area (Å²) in [5, 5.41) is 0. The molecule has 0 saturated heterocycles. The largest absolute Gasteiger partial charge is 0.249 e. The first kappa shape index (κ1) is 16.5. The Hall–Kier alpha value is -2.97. The number of rotatable bonds is 4. The lowest BCUT2D eigenvalue weighted by Gasteiger charge is -2.08. The molecule has 0 aliphatic heterocycles. The molecule has 0 fully saturated rings. The standard InChI is InChI=1S/C24H18OS/c25-26(23-15-7-13-21(17-23)19-9-3-1-4-10-19)24-16-8-14-22(18-24)20-11-5-2-6-12-20/h1-18H. The van der Waals surface area contributed by atoms with Crippen molar-refractivity contribution in [1.82, 2.24) is 0 Å². The average molecular weight is 354 g/mol. The van der Waals surface area contributed by atoms with Crippen molar-refractivity contribution in [3.05, 3.63) is 109 Å². The fraction of sp³-hybridized carbons (Fsp3) is 0. The summed E-state index contributed by atoms with van der Waals surface area (Å²) < 4.78 is 13.1. The van der Waals surface area contributed by atoms with Crippen molar-refractivity contribution < 1.29 is 4.21 Å². The Bertz CT molecular complexity index is 955. The minimum absolute atomic E-state index is 0.816. The summed E-state index contributed by atoms with van der Waals surface area (Å²) in [5.74, 6) is 0. The van der Waals surface area contributed by atoms with Gasteiger partial charge >= 0.3 is 0 Å². The maximum atomic E-state index is 13.1. The van der Waals surface area contributed by atoms with Gasteiger partial charge in [-0.25, -0.2) is 4.21 Å². The zero-order valence-corrected chi connectivity index (χ0v) is 15.0. The van der Waals surface area contributed by atoms with Crippen LogP contribution in [0.15, 0.2) is 119 Å². The van der Waals surface area contributed by atoms with Crippen LogP contribution >= 0.6 is 0 Å². The van der Waals surface area contributed by atoms with E-state index in [1.807, 2.05) is 72.8 Å². The molecule has 0 unspecified atom stereocenters. The maximum absolute atomic E-state index is 13.1. The molecule has 0 atom stereocenters. The summed E-state index contributed by atoms with van der Waals surface area (Å²) in [5.41, 5.74) is 4.42. The Labute approximate surface area is 156 Å². The lowest BCUT2D eigenvalue weighted by atomic mass is 10.1. The van der Waals surface area contributed by atoms with Crippen molar-refractivity contribution in [3.8, 4) is 22.3 Å². The van der Waals surface area contributed by atoms with Crippen LogP contribution in [0.3, 0.4) is 0 Å². The second-order valence-electron chi connectivity index (χ2n) is 6.06. The molecule has 0 spiro atoms. The van der Waals surface area contributed by atoms with E-state index in [9.17, 15) is 4.21 Å². The lowest BCUT2D eigenvalue weighted by molar-refractivity contribution is 0.683. The maximum Gasteiger partial charge on any atom is 0.0850 e. The van der Waals surface area contributed by atoms with Gasteiger partial charge in [-0.15, -0.1) is 0 Å². The van der Waals surface area contributed by atoms with Gasteiger partial charge in [0, 0.05) is 9.79 Å². The molecular formula is C24H18OS. The molecule has 0 aliphatic carbocycles. The second kappa shape index (κ2) is 7.51. The number of benzene rings is 4. The van der Waals surface area contributed by atoms with Crippen molar-refractivity contribution >= 4 is 10.8 Å². The minimum atomic E-state index is -1.21. The van der Waals surface area contributed by atoms with Gasteiger partial charge in [0.05, 0.1) is 10.8 Å². The first-order valence-corrected chi connectivity index (χ1v) is 9.69. The Morgan fingerprint density at radius 3 is 1.23 bits per heavy atom. The van der Waals surface area contributed by atoms with Gasteiger partial charge in [-0.2, -0.15) is 0 Å². The zero-order chi connectivity index (χ0) is 17.8. The lowest BCUT2D eigenvalue weighted by Crippen LogP contribution is -1.94. The quantitative estimate of drug-likeness (QED) is 0.427. The van der Waals surface area contributed by atoms with Crippen molar-refractivity contribution in [2.75, 3.05) is 0 Å². The van der Waals surface area contributed by atoms with Gasteiger partial charge in [-0.3, -0.25) is 0 Å². The van der Waals surface area contributed by atoms with Crippen LogP contribution in [0, 0.1) is 0 Å². The molecule has 126 valence electrons. The molecule has 0 radical (unpaired) electrons. The van der Waals surface area contributed by atoms with Crippen LogP contribution in [0.5, 0.6) is 0 Å². The van der Waals surface area contributed by atoms with Crippen molar-refractivity contribution in [2.24, 2.45) is 0 Å². The van der Waals surface area contributed by atoms with E-state index in [2.05, 4.69) is 36.4 Å². The zero-order valence-electron chi connectivity index (χ0n) is 14.2. The van der Waals surface area contributed by atoms with Crippen LogP contribution in [-0.2, 0) is 10.8 Å². The highest BCUT2D eigenvalue weighted by Crippen LogP contribution is 2.26. The molecule has 0 N–H and O–H groups in total. The molecule has 4 aromatic carbocycles. The molecule has 0 amide bonds. The van der Waals surface area contributed by atoms with Crippen LogP contribution < -0.4 is 0 Å². The summed E-state index contributed by atoms with van der Waals surface area (Å²) in [6, 6.07) is 36.3. The Morgan fingerprint density at radius 1 is 0.423 bits per heavy atom. The van der Waals surface area contributed by atoms with E-state index < -0.39 is 10.8 Å². The van der Waals surface area contributed by atoms with Gasteiger partial charge in [0.15, 0.2) is 0 Å². The Kier molecular flexibility index (Phi) is 4.76. The smallest absolute Gasteiger partial charge is 0.0850 e. The van der Waals surface area contributed by atoms with E-state index in [-0.39, 0.29) is 0 Å². The summed E-state index contributed by atoms with van der Waals surface area (Å²) in [6.45, 7) is 0. The van der Waals surface area contributed by atoms with Crippen molar-refractivity contribution in [3.63, 3.8) is 0 Å². The summed E-state index contributed by atoms with van der Waals surface area (Å²) >= 11 is 0. The van der Waals surface area contributed by atoms with E-state index >= 15 is 0 Å². The van der Waals surface area contributed by atoms with Crippen LogP contribution in [0.1, 0.15) is 0 Å². The molecule has 0 bridgehead atoms. The predicted molar refractivity (Wildman–Crippen MR) is 108 cm³/mol. The third kappa shape index (κ3) is 3.51. The Balaban J connectivity index is 1.69. The molecule has 0 aromatic heterocycles. The predicted octanol–water partition coefficient (Wildman–Crippen LogP) is 6.19. The third-order valence-corrected chi connectivity index (χ3v) is 5.67. The molecule has 2 heteroatoms. The summed E-state index contributed by atoms with van der Waals surface area (Å²) in [6.07, 6.45) is 0. The summed E-state index contributed by atoms with van der Waals surface area (Å²) in [4.78, 5) is 1.63. The van der Waals surface area contributed by atoms with Gasteiger partial charge < -0.3 is 0 Å². The van der Waals surface area contributed by atoms with Gasteiger partial charge in [-0.05, 0) is 46.5 Å². The van der Waals surface area contributed by atoms with Gasteiger partial charge in [0.1, 0.15) is 0 Å². The van der Waals surface area contributed by atoms with E-state index in [1.54, 1.807) is 0 Å². The van der Waals surface area contributed by atoms with Crippen molar-refractivity contribution in [2.45, 2.75) is 9.79 Å². The first-order chi connectivity index (χ1) is 12.8. The Morgan fingerprint density at radius 2 is 0.808 bits per heavy atom. The average Bonchev–Trinajstić information content (AvgIpc) is 2.75. The fourth-order valence-corrected chi connectivity index (χ4v) is 4.12. The highest BCUT2D eigenvalue weighted by molar-refractivity contribution is 7.85. The van der Waals surface area contributed by atoms with Crippen LogP contribution in [0.2, 0.25) is 0 Å². The van der Waals surface area contributed by atoms with E-state index in [0.717, 1.165) is 32.0 Å². The molecule has 0 saturated carbocycles. The molecular weight excluding hydrogens is 336 g/mol. The van der Waals surface area contributed by atoms with Gasteiger partial charge in [0.25, 0.3) is 0 Å². The fourth-order valence-electron chi connectivity index (χ4n) is 2.98. The molecule has 4 aromatic rings. The number of hydrogen-bond acceptors (Lipinski definition) is 1. The molecule has 4 rings (SSSR count). The molecule has 26 heavy (non-hydrogen) atoms. The molecule has 0 aliphatic rings. The highest BCUT2D eigenvalue weighted by Gasteiger charge is 2.10. The van der Waals surface area contributed by atoms with Gasteiger partial charge in [0.2, 0.25) is 0 Å². The van der Waals surface area contributed by atoms with Crippen LogP contribution in [0.25, 0.3) is 22.3 Å². The van der Waals surface area contributed by atoms with E-state index in [0.29, 0.717) is 0 Å². The third-order valence-electron chi connectivity index (χ3n) is 4.31. The molecule has 0 heterocycles. The number of hydrogen-bond donors (Lipinski definition) is 0. The van der Waals surface area contributed by atoms with Crippen LogP contribution in [0.4, 0.5) is 0 Å². The van der Waals surface area contributed by atoms with Crippen LogP contribution in [-0.4, -0.2) is 4.21 Å². The van der Waals surface area contributed by atoms with E-state index in [1.165, 1.54) is 0 Å². The monoisotopic (exact) mass is 354 g/mol. The highest BCUT2D eigenvalue weighted by atomic mass is 32.2.